The van der Waals surface area contributed by atoms with Gasteiger partial charge in [0.2, 0.25) is 0 Å². The lowest BCUT2D eigenvalue weighted by atomic mass is 10.1. The van der Waals surface area contributed by atoms with Crippen molar-refractivity contribution < 1.29 is 22.4 Å². The topological polar surface area (TPSA) is 63.9 Å². The van der Waals surface area contributed by atoms with Crippen LogP contribution in [0.4, 0.5) is 23.2 Å². The van der Waals surface area contributed by atoms with Crippen LogP contribution in [0.1, 0.15) is 35.0 Å². The summed E-state index contributed by atoms with van der Waals surface area (Å²) in [5.41, 5.74) is 1.74. The van der Waals surface area contributed by atoms with Gasteiger partial charge in [-0.05, 0) is 50.0 Å². The Morgan fingerprint density at radius 2 is 2.03 bits per heavy atom. The molecule has 3 aromatic rings. The maximum absolute atomic E-state index is 14.3. The Bertz CT molecular complexity index is 1220. The Morgan fingerprint density at radius 3 is 2.78 bits per heavy atom. The van der Waals surface area contributed by atoms with Gasteiger partial charge in [-0.1, -0.05) is 17.2 Å². The normalized spacial score (nSPS) is 16.2. The highest BCUT2D eigenvalue weighted by Gasteiger charge is 2.40. The highest BCUT2D eigenvalue weighted by molar-refractivity contribution is 5.97. The summed E-state index contributed by atoms with van der Waals surface area (Å²) in [6, 6.07) is 6.20. The van der Waals surface area contributed by atoms with Crippen LogP contribution in [-0.2, 0) is 11.2 Å². The van der Waals surface area contributed by atoms with Crippen molar-refractivity contribution in [3.63, 3.8) is 0 Å². The third-order valence-electron chi connectivity index (χ3n) is 5.00. The Morgan fingerprint density at radius 1 is 1.22 bits per heavy atom. The van der Waals surface area contributed by atoms with Crippen molar-refractivity contribution in [1.82, 2.24) is 20.0 Å². The van der Waals surface area contributed by atoms with Crippen molar-refractivity contribution in [3.05, 3.63) is 71.1 Å². The molecule has 3 heterocycles. The monoisotopic (exact) mass is 443 g/mol. The van der Waals surface area contributed by atoms with Gasteiger partial charge >= 0.3 is 6.18 Å². The molecule has 1 unspecified atom stereocenters. The van der Waals surface area contributed by atoms with Crippen LogP contribution in [-0.4, -0.2) is 38.6 Å². The average Bonchev–Trinajstić information content (AvgIpc) is 3.14. The van der Waals surface area contributed by atoms with Crippen LogP contribution in [0, 0.1) is 24.6 Å². The van der Waals surface area contributed by atoms with E-state index in [1.165, 1.54) is 29.1 Å². The lowest BCUT2D eigenvalue weighted by Crippen LogP contribution is -2.42. The van der Waals surface area contributed by atoms with E-state index in [0.717, 1.165) is 5.69 Å². The predicted octanol–water partition coefficient (Wildman–Crippen LogP) is 3.60. The zero-order valence-electron chi connectivity index (χ0n) is 16.9. The van der Waals surface area contributed by atoms with E-state index < -0.39 is 30.5 Å². The molecule has 0 saturated carbocycles. The first-order valence-electron chi connectivity index (χ1n) is 9.73. The van der Waals surface area contributed by atoms with E-state index in [9.17, 15) is 22.4 Å². The third kappa shape index (κ3) is 4.61. The number of nitrogens with zero attached hydrogens (tertiary/aromatic N) is 5. The molecule has 0 saturated heterocycles. The van der Waals surface area contributed by atoms with E-state index in [1.54, 1.807) is 18.3 Å². The molecular weight excluding hydrogens is 426 g/mol. The van der Waals surface area contributed by atoms with Crippen LogP contribution < -0.4 is 4.90 Å². The van der Waals surface area contributed by atoms with Gasteiger partial charge in [0, 0.05) is 23.0 Å². The van der Waals surface area contributed by atoms with Crippen molar-refractivity contribution in [2.45, 2.75) is 32.0 Å². The molecule has 1 aliphatic rings. The standard InChI is InChI=1S/C22H17F4N5O/c1-14-11-15(9-10-27-14)5-6-16-12-31(29-28-16)20-8-7-17-18(23)3-2-4-19(17)30(21(20)32)13-22(24,25)26/h2-4,9-12,20H,7-8,13H2,1H3. The van der Waals surface area contributed by atoms with Crippen LogP contribution in [0.3, 0.4) is 0 Å². The molecule has 1 atom stereocenters. The number of carbonyl (C=O) groups excluding carboxylic acids is 1. The third-order valence-corrected chi connectivity index (χ3v) is 5.00. The molecule has 0 aliphatic carbocycles. The molecule has 6 nitrogen and oxygen atoms in total. The first-order valence-corrected chi connectivity index (χ1v) is 9.73. The first-order chi connectivity index (χ1) is 15.2. The highest BCUT2D eigenvalue weighted by atomic mass is 19.4. The molecule has 10 heteroatoms. The van der Waals surface area contributed by atoms with E-state index in [4.69, 9.17) is 0 Å². The fraction of sp³-hybridized carbons (Fsp3) is 0.273. The Hall–Kier alpha value is -3.74. The molecule has 0 spiro atoms. The summed E-state index contributed by atoms with van der Waals surface area (Å²) in [5, 5.41) is 7.82. The molecule has 0 fully saturated rings. The summed E-state index contributed by atoms with van der Waals surface area (Å²) < 4.78 is 55.2. The summed E-state index contributed by atoms with van der Waals surface area (Å²) in [5.74, 6) is 4.24. The summed E-state index contributed by atoms with van der Waals surface area (Å²) in [4.78, 5) is 17.8. The van der Waals surface area contributed by atoms with Gasteiger partial charge in [-0.2, -0.15) is 13.2 Å². The highest BCUT2D eigenvalue weighted by Crippen LogP contribution is 2.34. The van der Waals surface area contributed by atoms with Gasteiger partial charge in [-0.25, -0.2) is 9.07 Å². The molecule has 2 aromatic heterocycles. The predicted molar refractivity (Wildman–Crippen MR) is 107 cm³/mol. The van der Waals surface area contributed by atoms with Crippen LogP contribution in [0.2, 0.25) is 0 Å². The summed E-state index contributed by atoms with van der Waals surface area (Å²) in [6.45, 7) is 0.300. The lowest BCUT2D eigenvalue weighted by molar-refractivity contribution is -0.134. The van der Waals surface area contributed by atoms with E-state index in [1.807, 2.05) is 6.92 Å². The lowest BCUT2D eigenvalue weighted by Gasteiger charge is -2.26. The minimum atomic E-state index is -4.66. The van der Waals surface area contributed by atoms with Gasteiger partial charge < -0.3 is 4.90 Å². The fourth-order valence-electron chi connectivity index (χ4n) is 3.58. The van der Waals surface area contributed by atoms with Crippen LogP contribution >= 0.6 is 0 Å². The number of benzene rings is 1. The largest absolute Gasteiger partial charge is 0.406 e. The van der Waals surface area contributed by atoms with Crippen molar-refractivity contribution in [3.8, 4) is 11.8 Å². The number of anilines is 1. The molecule has 1 aromatic carbocycles. The fourth-order valence-corrected chi connectivity index (χ4v) is 3.58. The number of fused-ring (bicyclic) bond motifs is 1. The van der Waals surface area contributed by atoms with Gasteiger partial charge in [0.25, 0.3) is 5.91 Å². The van der Waals surface area contributed by atoms with Gasteiger partial charge in [0.15, 0.2) is 5.69 Å². The maximum atomic E-state index is 14.3. The molecular formula is C22H17F4N5O. The smallest absolute Gasteiger partial charge is 0.301 e. The van der Waals surface area contributed by atoms with E-state index >= 15 is 0 Å². The van der Waals surface area contributed by atoms with Crippen molar-refractivity contribution >= 4 is 11.6 Å². The van der Waals surface area contributed by atoms with Crippen molar-refractivity contribution in [2.75, 3.05) is 11.4 Å². The van der Waals surface area contributed by atoms with Gasteiger partial charge in [0.05, 0.1) is 11.9 Å². The number of alkyl halides is 3. The van der Waals surface area contributed by atoms with Crippen LogP contribution in [0.25, 0.3) is 0 Å². The number of rotatable bonds is 2. The minimum absolute atomic E-state index is 0.0702. The number of halogens is 4. The Labute approximate surface area is 180 Å². The van der Waals surface area contributed by atoms with Crippen molar-refractivity contribution in [1.29, 1.82) is 0 Å². The average molecular weight is 443 g/mol. The van der Waals surface area contributed by atoms with Crippen LogP contribution in [0.5, 0.6) is 0 Å². The number of hydrogen-bond donors (Lipinski definition) is 0. The summed E-state index contributed by atoms with van der Waals surface area (Å²) >= 11 is 0. The molecule has 1 aliphatic heterocycles. The first kappa shape index (κ1) is 21.5. The quantitative estimate of drug-likeness (QED) is 0.449. The number of aryl methyl sites for hydroxylation is 1. The molecule has 4 rings (SSSR count). The van der Waals surface area contributed by atoms with Gasteiger partial charge in [-0.15, -0.1) is 5.10 Å². The Balaban J connectivity index is 1.65. The zero-order valence-corrected chi connectivity index (χ0v) is 16.9. The number of carbonyl (C=O) groups is 1. The summed E-state index contributed by atoms with van der Waals surface area (Å²) in [7, 11) is 0. The maximum Gasteiger partial charge on any atom is 0.406 e. The second-order valence-electron chi connectivity index (χ2n) is 7.35. The van der Waals surface area contributed by atoms with E-state index in [-0.39, 0.29) is 29.8 Å². The number of hydrogen-bond acceptors (Lipinski definition) is 4. The number of aromatic nitrogens is 4. The molecule has 1 amide bonds. The van der Waals surface area contributed by atoms with Gasteiger partial charge in [0.1, 0.15) is 18.4 Å². The van der Waals surface area contributed by atoms with E-state index in [2.05, 4.69) is 27.1 Å². The van der Waals surface area contributed by atoms with Crippen LogP contribution in [0.15, 0.2) is 42.7 Å². The Kier molecular flexibility index (Phi) is 5.65. The summed E-state index contributed by atoms with van der Waals surface area (Å²) in [6.07, 6.45) is -1.49. The zero-order chi connectivity index (χ0) is 22.9. The molecule has 32 heavy (non-hydrogen) atoms. The second-order valence-corrected chi connectivity index (χ2v) is 7.35. The van der Waals surface area contributed by atoms with E-state index in [0.29, 0.717) is 10.5 Å². The van der Waals surface area contributed by atoms with Gasteiger partial charge in [-0.3, -0.25) is 9.78 Å². The molecule has 0 N–H and O–H groups in total. The second kappa shape index (κ2) is 8.42. The number of pyridine rings is 1. The SMILES string of the molecule is Cc1cc(C#Cc2cn(C3CCc4c(F)cccc4N(CC(F)(F)F)C3=O)nn2)ccn1. The molecule has 164 valence electrons. The molecule has 0 bridgehead atoms. The number of amides is 1. The molecule has 0 radical (unpaired) electrons. The van der Waals surface area contributed by atoms with Crippen molar-refractivity contribution in [2.24, 2.45) is 0 Å². The minimum Gasteiger partial charge on any atom is -0.301 e.